The molecule has 1 aromatic rings. The van der Waals surface area contributed by atoms with Crippen LogP contribution in [0.4, 0.5) is 0 Å². The first-order valence-electron chi connectivity index (χ1n) is 6.97. The van der Waals surface area contributed by atoms with Crippen LogP contribution in [0, 0.1) is 12.8 Å². The number of hydrogen-bond donors (Lipinski definition) is 1. The van der Waals surface area contributed by atoms with Crippen molar-refractivity contribution in [2.75, 3.05) is 5.75 Å². The van der Waals surface area contributed by atoms with E-state index in [4.69, 9.17) is 0 Å². The molecule has 3 rings (SSSR count). The Kier molecular flexibility index (Phi) is 4.08. The van der Waals surface area contributed by atoms with Gasteiger partial charge >= 0.3 is 5.97 Å². The maximum Gasteiger partial charge on any atom is 0.327 e. The first-order valence-corrected chi connectivity index (χ1v) is 8.84. The van der Waals surface area contributed by atoms with E-state index in [2.05, 4.69) is 0 Å². The van der Waals surface area contributed by atoms with Crippen LogP contribution in [0.25, 0.3) is 6.08 Å². The highest BCUT2D eigenvalue weighted by molar-refractivity contribution is 8.00. The van der Waals surface area contributed by atoms with Crippen LogP contribution in [0.5, 0.6) is 0 Å². The van der Waals surface area contributed by atoms with Gasteiger partial charge in [0.15, 0.2) is 0 Å². The molecule has 4 nitrogen and oxygen atoms in total. The van der Waals surface area contributed by atoms with Gasteiger partial charge in [-0.3, -0.25) is 4.79 Å². The molecular weight excluding hydrogens is 306 g/mol. The SMILES string of the molecule is Cc1ccc(C=CC(=O)N2C(C(=O)O)CSC2C2CC2)s1. The fourth-order valence-corrected chi connectivity index (χ4v) is 4.94. The van der Waals surface area contributed by atoms with Gasteiger partial charge in [0, 0.05) is 21.6 Å². The van der Waals surface area contributed by atoms with Crippen LogP contribution in [-0.2, 0) is 9.59 Å². The fraction of sp³-hybridized carbons (Fsp3) is 0.467. The molecule has 1 saturated carbocycles. The molecule has 2 fully saturated rings. The van der Waals surface area contributed by atoms with Crippen LogP contribution in [0.1, 0.15) is 22.6 Å². The number of carbonyl (C=O) groups excluding carboxylic acids is 1. The summed E-state index contributed by atoms with van der Waals surface area (Å²) in [6, 6.07) is 3.28. The molecule has 6 heteroatoms. The lowest BCUT2D eigenvalue weighted by molar-refractivity contribution is -0.147. The van der Waals surface area contributed by atoms with Gasteiger partial charge in [0.1, 0.15) is 6.04 Å². The topological polar surface area (TPSA) is 57.6 Å². The van der Waals surface area contributed by atoms with Gasteiger partial charge in [0.05, 0.1) is 5.37 Å². The molecule has 0 bridgehead atoms. The molecule has 2 unspecified atom stereocenters. The minimum Gasteiger partial charge on any atom is -0.480 e. The normalized spacial score (nSPS) is 25.7. The van der Waals surface area contributed by atoms with Gasteiger partial charge in [-0.25, -0.2) is 4.79 Å². The van der Waals surface area contributed by atoms with Gasteiger partial charge in [-0.1, -0.05) is 0 Å². The summed E-state index contributed by atoms with van der Waals surface area (Å²) >= 11 is 3.22. The second-order valence-corrected chi connectivity index (χ2v) is 7.91. The fourth-order valence-electron chi connectivity index (χ4n) is 2.52. The number of thioether (sulfide) groups is 1. The van der Waals surface area contributed by atoms with Crippen molar-refractivity contribution in [3.63, 3.8) is 0 Å². The maximum atomic E-state index is 12.5. The van der Waals surface area contributed by atoms with E-state index in [1.807, 2.05) is 19.1 Å². The van der Waals surface area contributed by atoms with Crippen molar-refractivity contribution < 1.29 is 14.7 Å². The molecule has 1 amide bonds. The third-order valence-corrected chi connectivity index (χ3v) is 6.18. The molecule has 0 aromatic carbocycles. The van der Waals surface area contributed by atoms with Gasteiger partial charge < -0.3 is 10.0 Å². The van der Waals surface area contributed by atoms with E-state index in [1.165, 1.54) is 11.0 Å². The summed E-state index contributed by atoms with van der Waals surface area (Å²) in [6.45, 7) is 2.02. The summed E-state index contributed by atoms with van der Waals surface area (Å²) in [5, 5.41) is 9.35. The molecule has 1 aromatic heterocycles. The lowest BCUT2D eigenvalue weighted by atomic mass is 10.2. The average molecular weight is 323 g/mol. The zero-order chi connectivity index (χ0) is 15.0. The van der Waals surface area contributed by atoms with Crippen molar-refractivity contribution >= 4 is 41.1 Å². The molecule has 2 atom stereocenters. The van der Waals surface area contributed by atoms with Gasteiger partial charge in [0.25, 0.3) is 0 Å². The summed E-state index contributed by atoms with van der Waals surface area (Å²) in [5.74, 6) is -0.121. The first-order chi connectivity index (χ1) is 10.1. The standard InChI is InChI=1S/C15H17NO3S2/c1-9-2-5-11(21-9)6-7-13(17)16-12(15(18)19)8-20-14(16)10-3-4-10/h2,5-7,10,12,14H,3-4,8H2,1H3,(H,18,19). The molecule has 1 aliphatic carbocycles. The zero-order valence-corrected chi connectivity index (χ0v) is 13.3. The summed E-state index contributed by atoms with van der Waals surface area (Å²) in [7, 11) is 0. The number of thiophene rings is 1. The number of carboxylic acids is 1. The molecule has 1 saturated heterocycles. The van der Waals surface area contributed by atoms with E-state index in [0.717, 1.165) is 17.7 Å². The van der Waals surface area contributed by atoms with Gasteiger partial charge in [-0.05, 0) is 43.9 Å². The van der Waals surface area contributed by atoms with Crippen LogP contribution in [0.15, 0.2) is 18.2 Å². The van der Waals surface area contributed by atoms with E-state index in [9.17, 15) is 14.7 Å². The van der Waals surface area contributed by atoms with E-state index < -0.39 is 12.0 Å². The Hall–Kier alpha value is -1.27. The number of aryl methyl sites for hydroxylation is 1. The summed E-state index contributed by atoms with van der Waals surface area (Å²) < 4.78 is 0. The molecule has 2 heterocycles. The molecule has 0 radical (unpaired) electrons. The molecular formula is C15H17NO3S2. The molecule has 21 heavy (non-hydrogen) atoms. The van der Waals surface area contributed by atoms with Crippen LogP contribution in [-0.4, -0.2) is 39.1 Å². The molecule has 112 valence electrons. The largest absolute Gasteiger partial charge is 0.480 e. The van der Waals surface area contributed by atoms with Crippen molar-refractivity contribution in [3.8, 4) is 0 Å². The van der Waals surface area contributed by atoms with Crippen molar-refractivity contribution in [2.45, 2.75) is 31.2 Å². The van der Waals surface area contributed by atoms with Crippen molar-refractivity contribution in [1.29, 1.82) is 0 Å². The van der Waals surface area contributed by atoms with Gasteiger partial charge in [-0.15, -0.1) is 23.1 Å². The lowest BCUT2D eigenvalue weighted by Gasteiger charge is -2.26. The monoisotopic (exact) mass is 323 g/mol. The van der Waals surface area contributed by atoms with Crippen molar-refractivity contribution in [3.05, 3.63) is 28.0 Å². The van der Waals surface area contributed by atoms with Crippen LogP contribution < -0.4 is 0 Å². The highest BCUT2D eigenvalue weighted by atomic mass is 32.2. The zero-order valence-electron chi connectivity index (χ0n) is 11.7. The average Bonchev–Trinajstić information content (AvgIpc) is 3.04. The summed E-state index contributed by atoms with van der Waals surface area (Å²) in [5.41, 5.74) is 0. The number of nitrogens with zero attached hydrogens (tertiary/aromatic N) is 1. The van der Waals surface area contributed by atoms with Gasteiger partial charge in [0.2, 0.25) is 5.91 Å². The van der Waals surface area contributed by atoms with E-state index in [0.29, 0.717) is 11.7 Å². The Morgan fingerprint density at radius 3 is 2.71 bits per heavy atom. The highest BCUT2D eigenvalue weighted by Gasteiger charge is 2.47. The third-order valence-electron chi connectivity index (χ3n) is 3.75. The Bertz CT molecular complexity index is 591. The molecule has 2 aliphatic rings. The number of carboxylic acid groups (broad SMARTS) is 1. The van der Waals surface area contributed by atoms with E-state index in [1.54, 1.807) is 34.1 Å². The quantitative estimate of drug-likeness (QED) is 0.866. The van der Waals surface area contributed by atoms with E-state index >= 15 is 0 Å². The number of hydrogen-bond acceptors (Lipinski definition) is 4. The van der Waals surface area contributed by atoms with Crippen LogP contribution in [0.2, 0.25) is 0 Å². The third kappa shape index (κ3) is 3.16. The number of amides is 1. The second-order valence-electron chi connectivity index (χ2n) is 5.44. The van der Waals surface area contributed by atoms with Crippen LogP contribution >= 0.6 is 23.1 Å². The minimum atomic E-state index is -0.903. The Labute approximate surface area is 131 Å². The summed E-state index contributed by atoms with van der Waals surface area (Å²) in [6.07, 6.45) is 5.50. The number of aliphatic carboxylic acids is 1. The maximum absolute atomic E-state index is 12.5. The van der Waals surface area contributed by atoms with Gasteiger partial charge in [-0.2, -0.15) is 0 Å². The predicted molar refractivity (Wildman–Crippen MR) is 85.3 cm³/mol. The minimum absolute atomic E-state index is 0.0355. The first kappa shape index (κ1) is 14.7. The smallest absolute Gasteiger partial charge is 0.327 e. The second kappa shape index (κ2) is 5.85. The predicted octanol–water partition coefficient (Wildman–Crippen LogP) is 2.83. The number of rotatable bonds is 4. The van der Waals surface area contributed by atoms with Crippen LogP contribution in [0.3, 0.4) is 0 Å². The molecule has 0 spiro atoms. The number of carbonyl (C=O) groups is 2. The van der Waals surface area contributed by atoms with Crippen molar-refractivity contribution in [2.24, 2.45) is 5.92 Å². The molecule has 1 aliphatic heterocycles. The summed E-state index contributed by atoms with van der Waals surface area (Å²) in [4.78, 5) is 27.6. The highest BCUT2D eigenvalue weighted by Crippen LogP contribution is 2.45. The van der Waals surface area contributed by atoms with Crippen molar-refractivity contribution in [1.82, 2.24) is 4.90 Å². The Morgan fingerprint density at radius 2 is 2.14 bits per heavy atom. The molecule has 1 N–H and O–H groups in total. The lowest BCUT2D eigenvalue weighted by Crippen LogP contribution is -2.45. The Balaban J connectivity index is 1.76. The Morgan fingerprint density at radius 1 is 1.38 bits per heavy atom. The van der Waals surface area contributed by atoms with E-state index in [-0.39, 0.29) is 11.3 Å².